The highest BCUT2D eigenvalue weighted by molar-refractivity contribution is 7.80. The Morgan fingerprint density at radius 1 is 0.947 bits per heavy atom. The van der Waals surface area contributed by atoms with Crippen LogP contribution in [0.5, 0.6) is 0 Å². The lowest BCUT2D eigenvalue weighted by Gasteiger charge is -2.51. The van der Waals surface area contributed by atoms with Crippen LogP contribution in [0.15, 0.2) is 73.1 Å². The van der Waals surface area contributed by atoms with Crippen LogP contribution in [-0.2, 0) is 6.42 Å². The first-order valence-electron chi connectivity index (χ1n) is 14.3. The molecule has 0 radical (unpaired) electrons. The Kier molecular flexibility index (Phi) is 8.05. The molecule has 4 aliphatic rings. The van der Waals surface area contributed by atoms with Crippen LogP contribution in [0.4, 0.5) is 5.69 Å². The fourth-order valence-corrected chi connectivity index (χ4v) is 7.03. The number of benzene rings is 2. The number of fused-ring (bicyclic) bond motifs is 3. The van der Waals surface area contributed by atoms with Gasteiger partial charge in [0.25, 0.3) is 0 Å². The lowest BCUT2D eigenvalue weighted by molar-refractivity contribution is -0.0141. The maximum Gasteiger partial charge on any atom is 0.170 e. The van der Waals surface area contributed by atoms with E-state index in [0.717, 1.165) is 35.7 Å². The largest absolute Gasteiger partial charge is 0.361 e. The Balaban J connectivity index is 0.921. The van der Waals surface area contributed by atoms with Gasteiger partial charge in [-0.15, -0.1) is 0 Å². The molecule has 2 aromatic carbocycles. The zero-order valence-corrected chi connectivity index (χ0v) is 23.0. The smallest absolute Gasteiger partial charge is 0.170 e. The van der Waals surface area contributed by atoms with Gasteiger partial charge in [-0.3, -0.25) is 4.90 Å². The van der Waals surface area contributed by atoms with Crippen molar-refractivity contribution in [3.05, 3.63) is 78.6 Å². The third-order valence-electron chi connectivity index (χ3n) is 8.97. The third kappa shape index (κ3) is 6.28. The number of likely N-dealkylation sites (tertiary alicyclic amines) is 1. The fraction of sp³-hybridized carbons (Fsp3) is 0.484. The zero-order valence-electron chi connectivity index (χ0n) is 22.2. The van der Waals surface area contributed by atoms with Crippen molar-refractivity contribution in [3.63, 3.8) is 0 Å². The predicted octanol–water partition coefficient (Wildman–Crippen LogP) is 4.82. The molecule has 5 heterocycles. The standard InChI is InChI=1S/C31H40N6S/c38-31(34-28-7-9-29(10-8-28)37-15-4-14-33-37)32-21-30-20-26-13-18-36(30)23-27(26)22-35-16-11-25(12-17-35)19-24-5-2-1-3-6-24/h1-10,14-15,25-27,30H,11-13,16-23H2,(H2,32,34,38)/t26-,27-,30+/m0/s1. The Bertz CT molecular complexity index is 1160. The Morgan fingerprint density at radius 2 is 1.76 bits per heavy atom. The average Bonchev–Trinajstić information content (AvgIpc) is 3.50. The molecule has 0 amide bonds. The summed E-state index contributed by atoms with van der Waals surface area (Å²) in [7, 11) is 0. The van der Waals surface area contributed by atoms with E-state index in [4.69, 9.17) is 12.2 Å². The highest BCUT2D eigenvalue weighted by Crippen LogP contribution is 2.37. The molecule has 200 valence electrons. The molecule has 4 atom stereocenters. The number of aromatic nitrogens is 2. The van der Waals surface area contributed by atoms with Gasteiger partial charge in [0, 0.05) is 43.8 Å². The van der Waals surface area contributed by atoms with Gasteiger partial charge in [0.1, 0.15) is 0 Å². The van der Waals surface area contributed by atoms with E-state index in [1.807, 2.05) is 29.1 Å². The van der Waals surface area contributed by atoms with E-state index in [1.54, 1.807) is 6.20 Å². The molecule has 0 spiro atoms. The normalized spacial score (nSPS) is 25.8. The van der Waals surface area contributed by atoms with Gasteiger partial charge >= 0.3 is 0 Å². The van der Waals surface area contributed by atoms with Crippen molar-refractivity contribution < 1.29 is 0 Å². The maximum absolute atomic E-state index is 5.62. The lowest BCUT2D eigenvalue weighted by atomic mass is 9.75. The number of nitrogens with one attached hydrogen (secondary N) is 2. The van der Waals surface area contributed by atoms with Crippen LogP contribution in [0, 0.1) is 17.8 Å². The molecule has 2 N–H and O–H groups in total. The summed E-state index contributed by atoms with van der Waals surface area (Å²) in [5.41, 5.74) is 3.54. The second-order valence-electron chi connectivity index (χ2n) is 11.5. The molecule has 6 nitrogen and oxygen atoms in total. The predicted molar refractivity (Wildman–Crippen MR) is 159 cm³/mol. The number of rotatable bonds is 8. The molecule has 38 heavy (non-hydrogen) atoms. The molecule has 7 heteroatoms. The molecule has 0 saturated carbocycles. The molecule has 4 fully saturated rings. The molecule has 1 aromatic heterocycles. The van der Waals surface area contributed by atoms with E-state index < -0.39 is 0 Å². The van der Waals surface area contributed by atoms with Crippen LogP contribution >= 0.6 is 12.2 Å². The summed E-state index contributed by atoms with van der Waals surface area (Å²) in [4.78, 5) is 5.49. The highest BCUT2D eigenvalue weighted by atomic mass is 32.1. The van der Waals surface area contributed by atoms with Crippen LogP contribution in [0.2, 0.25) is 0 Å². The Hall–Kier alpha value is -2.74. The summed E-state index contributed by atoms with van der Waals surface area (Å²) in [6, 6.07) is 21.8. The molecule has 3 aromatic rings. The van der Waals surface area contributed by atoms with Crippen LogP contribution < -0.4 is 10.6 Å². The van der Waals surface area contributed by atoms with E-state index in [-0.39, 0.29) is 0 Å². The summed E-state index contributed by atoms with van der Waals surface area (Å²) in [6.45, 7) is 7.24. The third-order valence-corrected chi connectivity index (χ3v) is 9.22. The fourth-order valence-electron chi connectivity index (χ4n) is 6.83. The molecule has 4 saturated heterocycles. The molecular formula is C31H40N6S. The Morgan fingerprint density at radius 3 is 2.47 bits per heavy atom. The van der Waals surface area contributed by atoms with Gasteiger partial charge in [0.15, 0.2) is 5.11 Å². The summed E-state index contributed by atoms with van der Waals surface area (Å²) in [5.74, 6) is 2.52. The van der Waals surface area contributed by atoms with Crippen molar-refractivity contribution in [2.24, 2.45) is 17.8 Å². The van der Waals surface area contributed by atoms with Gasteiger partial charge in [0.05, 0.1) is 5.69 Å². The number of anilines is 1. The summed E-state index contributed by atoms with van der Waals surface area (Å²) < 4.78 is 1.86. The zero-order chi connectivity index (χ0) is 25.7. The maximum atomic E-state index is 5.62. The SMILES string of the molecule is S=C(NC[C@H]1C[C@@H]2CCN1C[C@@H]2CN1CCC(Cc2ccccc2)CC1)Nc1ccc(-n2cccn2)cc1. The number of hydrogen-bond acceptors (Lipinski definition) is 4. The van der Waals surface area contributed by atoms with Crippen molar-refractivity contribution in [1.82, 2.24) is 24.9 Å². The van der Waals surface area contributed by atoms with E-state index in [2.05, 4.69) is 68.0 Å². The molecule has 0 aliphatic carbocycles. The highest BCUT2D eigenvalue weighted by Gasteiger charge is 2.40. The van der Waals surface area contributed by atoms with E-state index in [0.29, 0.717) is 11.2 Å². The van der Waals surface area contributed by atoms with E-state index in [9.17, 15) is 0 Å². The van der Waals surface area contributed by atoms with E-state index >= 15 is 0 Å². The molecular weight excluding hydrogens is 488 g/mol. The number of piperidine rings is 4. The molecule has 7 rings (SSSR count). The monoisotopic (exact) mass is 528 g/mol. The van der Waals surface area contributed by atoms with Crippen molar-refractivity contribution in [3.8, 4) is 5.69 Å². The molecule has 2 bridgehead atoms. The minimum absolute atomic E-state index is 0.587. The molecule has 4 aliphatic heterocycles. The number of hydrogen-bond donors (Lipinski definition) is 2. The van der Waals surface area contributed by atoms with Gasteiger partial charge in [-0.25, -0.2) is 4.68 Å². The first-order valence-corrected chi connectivity index (χ1v) is 14.8. The van der Waals surface area contributed by atoms with E-state index in [1.165, 1.54) is 70.4 Å². The second-order valence-corrected chi connectivity index (χ2v) is 11.9. The van der Waals surface area contributed by atoms with Crippen LogP contribution in [0.25, 0.3) is 5.69 Å². The van der Waals surface area contributed by atoms with Crippen LogP contribution in [0.1, 0.15) is 31.2 Å². The quantitative estimate of drug-likeness (QED) is 0.409. The van der Waals surface area contributed by atoms with Crippen molar-refractivity contribution >= 4 is 23.0 Å². The first kappa shape index (κ1) is 25.5. The number of thiocarbonyl (C=S) groups is 1. The minimum atomic E-state index is 0.587. The van der Waals surface area contributed by atoms with Crippen LogP contribution in [0.3, 0.4) is 0 Å². The number of nitrogens with zero attached hydrogens (tertiary/aromatic N) is 4. The minimum Gasteiger partial charge on any atom is -0.361 e. The summed E-state index contributed by atoms with van der Waals surface area (Å²) >= 11 is 5.62. The lowest BCUT2D eigenvalue weighted by Crippen LogP contribution is -2.58. The molecule has 1 unspecified atom stereocenters. The van der Waals surface area contributed by atoms with Crippen molar-refractivity contribution in [2.45, 2.75) is 38.1 Å². The Labute approximate surface area is 232 Å². The van der Waals surface area contributed by atoms with Crippen LogP contribution in [-0.4, -0.2) is 70.0 Å². The van der Waals surface area contributed by atoms with Gasteiger partial charge < -0.3 is 15.5 Å². The van der Waals surface area contributed by atoms with Gasteiger partial charge in [-0.05, 0) is 118 Å². The average molecular weight is 529 g/mol. The van der Waals surface area contributed by atoms with Gasteiger partial charge in [-0.1, -0.05) is 30.3 Å². The first-order chi connectivity index (χ1) is 18.7. The topological polar surface area (TPSA) is 48.4 Å². The van der Waals surface area contributed by atoms with Gasteiger partial charge in [0.2, 0.25) is 0 Å². The van der Waals surface area contributed by atoms with Crippen molar-refractivity contribution in [2.75, 3.05) is 44.6 Å². The second kappa shape index (κ2) is 12.0. The summed E-state index contributed by atoms with van der Waals surface area (Å²) in [5, 5.41) is 11.8. The summed E-state index contributed by atoms with van der Waals surface area (Å²) in [6.07, 6.45) is 10.3. The van der Waals surface area contributed by atoms with Gasteiger partial charge in [-0.2, -0.15) is 5.10 Å². The van der Waals surface area contributed by atoms with Crippen molar-refractivity contribution in [1.29, 1.82) is 0 Å².